The van der Waals surface area contributed by atoms with Crippen molar-refractivity contribution >= 4 is 33.3 Å². The largest absolute Gasteiger partial charge is 0.871 e. The Morgan fingerprint density at radius 3 is 0.488 bits per heavy atom. The van der Waals surface area contributed by atoms with Gasteiger partial charge in [0.05, 0.1) is 16.6 Å². The molecule has 6 aliphatic rings. The van der Waals surface area contributed by atoms with E-state index in [1.165, 1.54) is 0 Å². The number of fused-ring (bicyclic) bond motifs is 6. The summed E-state index contributed by atoms with van der Waals surface area (Å²) in [4.78, 5) is 70.0. The third-order valence-corrected chi connectivity index (χ3v) is 20.5. The number of benzene rings is 6. The van der Waals surface area contributed by atoms with Crippen LogP contribution in [-0.2, 0) is 65.0 Å². The summed E-state index contributed by atoms with van der Waals surface area (Å²) in [6, 6.07) is 34.7. The molecule has 652 valence electrons. The van der Waals surface area contributed by atoms with Crippen LogP contribution in [0.2, 0.25) is 0 Å². The first-order valence-corrected chi connectivity index (χ1v) is 41.7. The Hall–Kier alpha value is -11.5. The van der Waals surface area contributed by atoms with Crippen LogP contribution in [0.25, 0.3) is 67.7 Å². The Morgan fingerprint density at radius 2 is 0.364 bits per heavy atom. The van der Waals surface area contributed by atoms with E-state index in [1.807, 2.05) is 234 Å². The van der Waals surface area contributed by atoms with Crippen LogP contribution in [-0.4, -0.2) is 34.9 Å². The predicted molar refractivity (Wildman–Crippen MR) is 490 cm³/mol. The van der Waals surface area contributed by atoms with Gasteiger partial charge in [-0.15, -0.1) is 0 Å². The van der Waals surface area contributed by atoms with Crippen molar-refractivity contribution < 1.29 is 28.6 Å². The van der Waals surface area contributed by atoms with Crippen molar-refractivity contribution in [2.75, 3.05) is 0 Å². The molecule has 0 bridgehead atoms. The second-order valence-electron chi connectivity index (χ2n) is 43.6. The zero-order chi connectivity index (χ0) is 90.8. The van der Waals surface area contributed by atoms with E-state index in [-0.39, 0.29) is 132 Å². The molecule has 3 aromatic carbocycles. The third-order valence-electron chi connectivity index (χ3n) is 20.5. The van der Waals surface area contributed by atoms with E-state index >= 15 is 0 Å². The molecule has 0 fully saturated rings. The molecule has 0 amide bonds. The van der Waals surface area contributed by atoms with E-state index in [0.717, 1.165) is 33.4 Å². The van der Waals surface area contributed by atoms with Crippen molar-refractivity contribution in [3.63, 3.8) is 0 Å². The minimum absolute atomic E-state index is 0. The number of pyridine rings is 4. The van der Waals surface area contributed by atoms with Crippen LogP contribution < -0.4 is 31.6 Å². The Bertz CT molecular complexity index is 5050. The number of nitrogens with zero attached hydrogens (tertiary/aromatic N) is 7. The van der Waals surface area contributed by atoms with Crippen LogP contribution in [0, 0.1) is 0 Å². The third kappa shape index (κ3) is 23.6. The van der Waals surface area contributed by atoms with Gasteiger partial charge in [0, 0.05) is 99.6 Å². The van der Waals surface area contributed by atoms with Gasteiger partial charge in [0.15, 0.2) is 51.1 Å². The van der Waals surface area contributed by atoms with Crippen molar-refractivity contribution in [3.8, 4) is 51.6 Å². The second-order valence-corrected chi connectivity index (χ2v) is 43.6. The molecule has 7 heterocycles. The van der Waals surface area contributed by atoms with Gasteiger partial charge in [0.2, 0.25) is 16.3 Å². The van der Waals surface area contributed by atoms with Gasteiger partial charge in [-0.05, 0) is 148 Å². The summed E-state index contributed by atoms with van der Waals surface area (Å²) in [6.07, 6.45) is 14.0. The van der Waals surface area contributed by atoms with Crippen molar-refractivity contribution in [1.29, 1.82) is 0 Å². The maximum atomic E-state index is 13.5. The smallest absolute Gasteiger partial charge is 0.211 e. The van der Waals surface area contributed by atoms with Gasteiger partial charge in [-0.1, -0.05) is 309 Å². The summed E-state index contributed by atoms with van der Waals surface area (Å²) < 4.78 is 19.5. The molecule has 121 heavy (non-hydrogen) atoms. The first-order valence-electron chi connectivity index (χ1n) is 41.7. The van der Waals surface area contributed by atoms with Gasteiger partial charge in [-0.25, -0.2) is 15.0 Å². The van der Waals surface area contributed by atoms with Crippen molar-refractivity contribution in [3.05, 3.63) is 256 Å². The van der Waals surface area contributed by atoms with Crippen molar-refractivity contribution in [2.24, 2.45) is 0 Å². The molecular formula is C104H134CfN7O9-3. The average Bonchev–Trinajstić information content (AvgIpc) is 0.732. The monoisotopic (exact) mass is 1870 g/mol. The summed E-state index contributed by atoms with van der Waals surface area (Å²) in [5.41, 5.74) is 8.42. The van der Waals surface area contributed by atoms with E-state index in [4.69, 9.17) is 28.2 Å². The molecule has 13 rings (SSSR count). The Balaban J connectivity index is 0.000000244. The number of hydrogen-bond donors (Lipinski definition) is 0. The van der Waals surface area contributed by atoms with Gasteiger partial charge in [-0.3, -0.25) is 34.3 Å². The quantitative estimate of drug-likeness (QED) is 0.128. The molecule has 0 atom stereocenters. The van der Waals surface area contributed by atoms with Crippen molar-refractivity contribution in [2.45, 2.75) is 314 Å². The van der Waals surface area contributed by atoms with Gasteiger partial charge in [-0.2, -0.15) is 0 Å². The van der Waals surface area contributed by atoms with Gasteiger partial charge < -0.3 is 28.6 Å². The number of aromatic nitrogens is 7. The first kappa shape index (κ1) is 98.3. The zero-order valence-corrected chi connectivity index (χ0v) is 81.8. The standard InChI is InChI=1S/3C28H39NO3.4C5H5N.Cf/c3*1-25(2,3)15-13-17(27(7,8)9)23-19(21(15)30)29-20-22(31)16(26(4,5)6)14-18(24(20)32-23)28(10,11)12;4*1-2-4-6-5-3-1;/h3*13-14,30H,1-12H3;4*1-5H;/p-3. The van der Waals surface area contributed by atoms with E-state index < -0.39 is 0 Å². The van der Waals surface area contributed by atoms with E-state index in [9.17, 15) is 29.7 Å². The molecule has 0 radical (unpaired) electrons. The number of rotatable bonds is 0. The molecule has 0 spiro atoms. The van der Waals surface area contributed by atoms with Gasteiger partial charge in [0.25, 0.3) is 0 Å². The van der Waals surface area contributed by atoms with Gasteiger partial charge >= 0.3 is 0 Å². The average molecular weight is 1880 g/mol. The Morgan fingerprint density at radius 1 is 0.215 bits per heavy atom. The summed E-state index contributed by atoms with van der Waals surface area (Å²) in [7, 11) is 0. The van der Waals surface area contributed by atoms with Crippen LogP contribution in [0.15, 0.2) is 186 Å². The topological polar surface area (TPSA) is 250 Å². The SMILES string of the molecule is CC(C)(C)c1cc(C(C)(C)C)c(=O)c2nc3c([O-])c(C(C)(C)C)cc(C(C)(C)C)c3oc1-2.CC(C)(C)c1cc(C(C)(C)C)c(=O)c2nc3c([O-])c(C(C)(C)C)cc(C(C)(C)C)c3oc1-2.CC(C)(C)c1cc(C(C)(C)C)c(=O)c2nc3c([O-])c(C(C)(C)C)cc(C(C)(C)C)c3oc1-2.[Cf].c1ccncc1.c1ccncc1.c1ccncc1.c1ccncc1. The normalized spacial score (nSPS) is 12.6. The summed E-state index contributed by atoms with van der Waals surface area (Å²) >= 11 is 0. The van der Waals surface area contributed by atoms with Crippen LogP contribution >= 0.6 is 0 Å². The molecule has 16 nitrogen and oxygen atoms in total. The summed E-state index contributed by atoms with van der Waals surface area (Å²) in [5.74, 6) is 0.960. The molecule has 4 aromatic heterocycles. The van der Waals surface area contributed by atoms with E-state index in [0.29, 0.717) is 67.4 Å². The molecular weight excluding hydrogens is 1740 g/mol. The van der Waals surface area contributed by atoms with Crippen LogP contribution in [0.1, 0.15) is 316 Å². The molecule has 0 unspecified atom stereocenters. The van der Waals surface area contributed by atoms with E-state index in [1.54, 1.807) is 49.6 Å². The Kier molecular flexibility index (Phi) is 29.3. The fourth-order valence-electron chi connectivity index (χ4n) is 13.6. The van der Waals surface area contributed by atoms with Crippen LogP contribution in [0.4, 0.5) is 0 Å². The molecule has 0 N–H and O–H groups in total. The maximum absolute atomic E-state index is 13.5. The fourth-order valence-corrected chi connectivity index (χ4v) is 13.6. The molecule has 3 aliphatic carbocycles. The zero-order valence-electron chi connectivity index (χ0n) is 79.1. The fraction of sp³-hybridized carbons (Fsp3) is 0.462. The molecule has 3 aliphatic heterocycles. The van der Waals surface area contributed by atoms with Crippen molar-refractivity contribution in [1.82, 2.24) is 34.9 Å². The van der Waals surface area contributed by atoms with Crippen LogP contribution in [0.5, 0.6) is 17.2 Å². The maximum Gasteiger partial charge on any atom is 0.211 e. The minimum Gasteiger partial charge on any atom is -0.871 e. The minimum atomic E-state index is -0.355. The van der Waals surface area contributed by atoms with Crippen LogP contribution in [0.3, 0.4) is 0 Å². The molecule has 0 saturated heterocycles. The van der Waals surface area contributed by atoms with Gasteiger partial charge in [0.1, 0.15) is 0 Å². The second kappa shape index (κ2) is 36.1. The first-order chi connectivity index (χ1) is 54.7. The molecule has 7 aromatic rings. The summed E-state index contributed by atoms with van der Waals surface area (Å²) in [6.45, 7) is 74.2. The number of hydrogen-bond acceptors (Lipinski definition) is 16. The van der Waals surface area contributed by atoms with E-state index in [2.05, 4.69) is 145 Å². The Labute approximate surface area is 714 Å². The molecule has 0 saturated carbocycles. The molecule has 17 heteroatoms. The summed E-state index contributed by atoms with van der Waals surface area (Å²) in [5, 5.41) is 40.6. The predicted octanol–water partition coefficient (Wildman–Crippen LogP) is 24.0.